The highest BCUT2D eigenvalue weighted by Gasteiger charge is 2.33. The van der Waals surface area contributed by atoms with E-state index >= 15 is 0 Å². The summed E-state index contributed by atoms with van der Waals surface area (Å²) in [6.45, 7) is 0. The minimum absolute atomic E-state index is 0.215. The van der Waals surface area contributed by atoms with E-state index in [-0.39, 0.29) is 5.56 Å². The van der Waals surface area contributed by atoms with E-state index in [0.717, 1.165) is 12.3 Å². The topological polar surface area (TPSA) is 34.1 Å². The molecule has 0 unspecified atom stereocenters. The van der Waals surface area contributed by atoms with Crippen LogP contribution in [0.3, 0.4) is 0 Å². The first-order valence-corrected chi connectivity index (χ1v) is 6.09. The predicted octanol–water partition coefficient (Wildman–Crippen LogP) is 2.25. The summed E-state index contributed by atoms with van der Waals surface area (Å²) in [6.07, 6.45) is -3.61. The number of alkyl halides is 3. The second-order valence-electron chi connectivity index (χ2n) is 3.22. The van der Waals surface area contributed by atoms with Gasteiger partial charge in [0.15, 0.2) is 9.84 Å². The lowest BCUT2D eigenvalue weighted by Gasteiger charge is -2.11. The lowest BCUT2D eigenvalue weighted by molar-refractivity contribution is -0.138. The van der Waals surface area contributed by atoms with Crippen molar-refractivity contribution in [3.8, 4) is 0 Å². The first-order valence-electron chi connectivity index (χ1n) is 4.03. The molecule has 1 aromatic carbocycles. The van der Waals surface area contributed by atoms with Gasteiger partial charge in [0.2, 0.25) is 0 Å². The van der Waals surface area contributed by atoms with Gasteiger partial charge >= 0.3 is 6.18 Å². The molecule has 0 aliphatic heterocycles. The van der Waals surface area contributed by atoms with Crippen LogP contribution >= 0.6 is 0 Å². The molecular weight excluding hydrogens is 229 g/mol. The molecule has 0 heterocycles. The van der Waals surface area contributed by atoms with Crippen LogP contribution in [0.15, 0.2) is 24.3 Å². The summed E-state index contributed by atoms with van der Waals surface area (Å²) in [6, 6.07) is 4.66. The van der Waals surface area contributed by atoms with E-state index in [0.29, 0.717) is 0 Å². The third-order valence-corrected chi connectivity index (χ3v) is 2.58. The van der Waals surface area contributed by atoms with E-state index in [2.05, 4.69) is 0 Å². The Morgan fingerprint density at radius 2 is 1.73 bits per heavy atom. The van der Waals surface area contributed by atoms with E-state index in [4.69, 9.17) is 0 Å². The molecule has 0 aliphatic carbocycles. The van der Waals surface area contributed by atoms with Gasteiger partial charge in [-0.3, -0.25) is 0 Å². The van der Waals surface area contributed by atoms with Crippen LogP contribution in [0.25, 0.3) is 0 Å². The van der Waals surface area contributed by atoms with E-state index in [1.165, 1.54) is 18.2 Å². The highest BCUT2D eigenvalue weighted by atomic mass is 32.2. The van der Waals surface area contributed by atoms with Crippen molar-refractivity contribution in [1.82, 2.24) is 0 Å². The van der Waals surface area contributed by atoms with E-state index in [1.807, 2.05) is 0 Å². The Balaban J connectivity index is 3.19. The number of hydrogen-bond acceptors (Lipinski definition) is 2. The Morgan fingerprint density at radius 3 is 2.20 bits per heavy atom. The van der Waals surface area contributed by atoms with Crippen molar-refractivity contribution in [3.05, 3.63) is 35.4 Å². The Hall–Kier alpha value is -1.04. The van der Waals surface area contributed by atoms with Crippen molar-refractivity contribution >= 4 is 9.84 Å². The zero-order valence-corrected chi connectivity index (χ0v) is 8.69. The van der Waals surface area contributed by atoms with Gasteiger partial charge in [-0.25, -0.2) is 8.42 Å². The van der Waals surface area contributed by atoms with E-state index in [1.54, 1.807) is 0 Å². The molecule has 0 aliphatic rings. The molecule has 0 amide bonds. The van der Waals surface area contributed by atoms with Crippen LogP contribution in [0.2, 0.25) is 0 Å². The lowest BCUT2D eigenvalue weighted by atomic mass is 10.1. The molecule has 0 radical (unpaired) electrons. The third kappa shape index (κ3) is 3.54. The summed E-state index contributed by atoms with van der Waals surface area (Å²) < 4.78 is 59.1. The van der Waals surface area contributed by atoms with Crippen molar-refractivity contribution in [1.29, 1.82) is 0 Å². The van der Waals surface area contributed by atoms with Gasteiger partial charge in [-0.05, 0) is 11.6 Å². The molecule has 84 valence electrons. The Morgan fingerprint density at radius 1 is 1.20 bits per heavy atom. The fraction of sp³-hybridized carbons (Fsp3) is 0.333. The maximum atomic E-state index is 12.4. The molecule has 0 fully saturated rings. The van der Waals surface area contributed by atoms with Gasteiger partial charge < -0.3 is 0 Å². The van der Waals surface area contributed by atoms with Gasteiger partial charge in [-0.2, -0.15) is 13.2 Å². The van der Waals surface area contributed by atoms with Crippen LogP contribution in [-0.4, -0.2) is 14.7 Å². The van der Waals surface area contributed by atoms with Gasteiger partial charge in [0.05, 0.1) is 11.3 Å². The molecule has 0 aromatic heterocycles. The van der Waals surface area contributed by atoms with Crippen LogP contribution in [-0.2, 0) is 21.8 Å². The molecule has 0 bridgehead atoms. The average molecular weight is 238 g/mol. The standard InChI is InChI=1S/C9H9F3O2S/c1-15(13,14)6-7-4-2-3-5-8(7)9(10,11)12/h2-5H,6H2,1H3. The highest BCUT2D eigenvalue weighted by molar-refractivity contribution is 7.89. The fourth-order valence-corrected chi connectivity index (χ4v) is 2.02. The summed E-state index contributed by atoms with van der Waals surface area (Å²) in [7, 11) is -3.46. The van der Waals surface area contributed by atoms with Crippen LogP contribution in [0.4, 0.5) is 13.2 Å². The largest absolute Gasteiger partial charge is 0.416 e. The van der Waals surface area contributed by atoms with Gasteiger partial charge in [0.25, 0.3) is 0 Å². The molecule has 0 N–H and O–H groups in total. The molecular formula is C9H9F3O2S. The second kappa shape index (κ2) is 3.84. The number of sulfone groups is 1. The quantitative estimate of drug-likeness (QED) is 0.791. The summed E-state index contributed by atoms with van der Waals surface area (Å²) in [5, 5.41) is 0. The lowest BCUT2D eigenvalue weighted by Crippen LogP contribution is -2.11. The minimum atomic E-state index is -4.51. The van der Waals surface area contributed by atoms with Gasteiger partial charge in [0.1, 0.15) is 0 Å². The monoisotopic (exact) mass is 238 g/mol. The molecule has 0 atom stereocenters. The maximum absolute atomic E-state index is 12.4. The molecule has 6 heteroatoms. The molecule has 0 spiro atoms. The first kappa shape index (κ1) is 12.0. The van der Waals surface area contributed by atoms with Crippen molar-refractivity contribution in [2.75, 3.05) is 6.26 Å². The summed E-state index contributed by atoms with van der Waals surface area (Å²) in [5.74, 6) is -0.595. The smallest absolute Gasteiger partial charge is 0.229 e. The number of rotatable bonds is 2. The van der Waals surface area contributed by atoms with Crippen LogP contribution in [0, 0.1) is 0 Å². The minimum Gasteiger partial charge on any atom is -0.229 e. The molecule has 0 saturated carbocycles. The number of benzene rings is 1. The summed E-state index contributed by atoms with van der Waals surface area (Å²) in [5.41, 5.74) is -1.11. The maximum Gasteiger partial charge on any atom is 0.416 e. The third-order valence-electron chi connectivity index (χ3n) is 1.74. The predicted molar refractivity (Wildman–Crippen MR) is 50.0 cm³/mol. The second-order valence-corrected chi connectivity index (χ2v) is 5.37. The highest BCUT2D eigenvalue weighted by Crippen LogP contribution is 2.32. The van der Waals surface area contributed by atoms with Crippen LogP contribution < -0.4 is 0 Å². The van der Waals surface area contributed by atoms with Gasteiger partial charge in [-0.1, -0.05) is 18.2 Å². The van der Waals surface area contributed by atoms with Crippen LogP contribution in [0.5, 0.6) is 0 Å². The van der Waals surface area contributed by atoms with Gasteiger partial charge in [-0.15, -0.1) is 0 Å². The summed E-state index contributed by atoms with van der Waals surface area (Å²) in [4.78, 5) is 0. The average Bonchev–Trinajstić information content (AvgIpc) is 1.99. The molecule has 2 nitrogen and oxygen atoms in total. The zero-order valence-electron chi connectivity index (χ0n) is 7.88. The SMILES string of the molecule is CS(=O)(=O)Cc1ccccc1C(F)(F)F. The Labute approximate surface area is 85.6 Å². The molecule has 1 rings (SSSR count). The van der Waals surface area contributed by atoms with E-state index in [9.17, 15) is 21.6 Å². The number of hydrogen-bond donors (Lipinski definition) is 0. The first-order chi connectivity index (χ1) is 6.70. The van der Waals surface area contributed by atoms with Crippen molar-refractivity contribution in [3.63, 3.8) is 0 Å². The normalized spacial score (nSPS) is 12.8. The molecule has 15 heavy (non-hydrogen) atoms. The van der Waals surface area contributed by atoms with Crippen molar-refractivity contribution < 1.29 is 21.6 Å². The summed E-state index contributed by atoms with van der Waals surface area (Å²) >= 11 is 0. The van der Waals surface area contributed by atoms with Crippen molar-refractivity contribution in [2.45, 2.75) is 11.9 Å². The Bertz CT molecular complexity index is 449. The fourth-order valence-electron chi connectivity index (χ4n) is 1.21. The van der Waals surface area contributed by atoms with E-state index < -0.39 is 27.3 Å². The number of halogens is 3. The zero-order chi connectivity index (χ0) is 11.7. The van der Waals surface area contributed by atoms with Crippen LogP contribution in [0.1, 0.15) is 11.1 Å². The van der Waals surface area contributed by atoms with Gasteiger partial charge in [0, 0.05) is 6.26 Å². The van der Waals surface area contributed by atoms with Crippen molar-refractivity contribution in [2.24, 2.45) is 0 Å². The Kier molecular flexibility index (Phi) is 3.08. The molecule has 0 saturated heterocycles. The molecule has 1 aromatic rings.